The molecule has 2 aromatic carbocycles. The van der Waals surface area contributed by atoms with Gasteiger partial charge in [0.05, 0.1) is 25.3 Å². The number of amides is 1. The molecule has 4 rings (SSSR count). The van der Waals surface area contributed by atoms with E-state index in [1.807, 2.05) is 31.1 Å². The first-order chi connectivity index (χ1) is 17.5. The van der Waals surface area contributed by atoms with Crippen LogP contribution in [-0.4, -0.2) is 80.6 Å². The summed E-state index contributed by atoms with van der Waals surface area (Å²) in [6.45, 7) is 7.50. The molecule has 9 heteroatoms. The molecular formula is C28H37F3N4O2. The molecule has 2 aliphatic rings. The number of ether oxygens (including phenoxy) is 1. The topological polar surface area (TPSA) is 48.0 Å². The summed E-state index contributed by atoms with van der Waals surface area (Å²) in [6, 6.07) is 11.6. The lowest BCUT2D eigenvalue weighted by Gasteiger charge is -2.43. The van der Waals surface area contributed by atoms with Crippen LogP contribution in [0.15, 0.2) is 42.5 Å². The molecule has 0 aliphatic carbocycles. The van der Waals surface area contributed by atoms with Crippen molar-refractivity contribution in [1.82, 2.24) is 14.7 Å². The van der Waals surface area contributed by atoms with Crippen molar-refractivity contribution in [2.24, 2.45) is 5.41 Å². The number of carbonyl (C=O) groups is 1. The zero-order chi connectivity index (χ0) is 26.6. The minimum Gasteiger partial charge on any atom is -0.380 e. The van der Waals surface area contributed by atoms with E-state index in [4.69, 9.17) is 4.74 Å². The van der Waals surface area contributed by atoms with Gasteiger partial charge in [0.25, 0.3) is 0 Å². The van der Waals surface area contributed by atoms with Crippen molar-refractivity contribution in [3.8, 4) is 0 Å². The van der Waals surface area contributed by atoms with E-state index in [0.29, 0.717) is 13.1 Å². The Labute approximate surface area is 217 Å². The third-order valence-corrected chi connectivity index (χ3v) is 7.14. The maximum absolute atomic E-state index is 13.6. The number of likely N-dealkylation sites (N-methyl/N-ethyl adjacent to an activating group) is 1. The third kappa shape index (κ3) is 7.03. The number of nitrogens with zero attached hydrogens (tertiary/aromatic N) is 3. The van der Waals surface area contributed by atoms with Gasteiger partial charge in [0, 0.05) is 50.4 Å². The molecular weight excluding hydrogens is 481 g/mol. The van der Waals surface area contributed by atoms with Crippen LogP contribution in [0.25, 0.3) is 0 Å². The minimum atomic E-state index is -4.47. The minimum absolute atomic E-state index is 0.0250. The Morgan fingerprint density at radius 1 is 1.11 bits per heavy atom. The summed E-state index contributed by atoms with van der Waals surface area (Å²) in [4.78, 5) is 19.1. The third-order valence-electron chi connectivity index (χ3n) is 7.14. The van der Waals surface area contributed by atoms with Gasteiger partial charge in [-0.25, -0.2) is 0 Å². The Morgan fingerprint density at radius 2 is 1.86 bits per heavy atom. The van der Waals surface area contributed by atoms with Gasteiger partial charge in [-0.2, -0.15) is 13.2 Å². The first-order valence-electron chi connectivity index (χ1n) is 12.8. The predicted molar refractivity (Wildman–Crippen MR) is 138 cm³/mol. The fourth-order valence-electron chi connectivity index (χ4n) is 5.09. The van der Waals surface area contributed by atoms with Crippen LogP contribution in [0.1, 0.15) is 29.2 Å². The van der Waals surface area contributed by atoms with Crippen LogP contribution in [0, 0.1) is 5.41 Å². The molecule has 0 spiro atoms. The number of fused-ring (bicyclic) bond motifs is 1. The van der Waals surface area contributed by atoms with Gasteiger partial charge in [0.15, 0.2) is 0 Å². The van der Waals surface area contributed by atoms with Gasteiger partial charge in [0.1, 0.15) is 0 Å². The summed E-state index contributed by atoms with van der Waals surface area (Å²) < 4.78 is 46.1. The average molecular weight is 519 g/mol. The van der Waals surface area contributed by atoms with Gasteiger partial charge < -0.3 is 19.9 Å². The number of rotatable bonds is 10. The molecule has 37 heavy (non-hydrogen) atoms. The highest BCUT2D eigenvalue weighted by Gasteiger charge is 2.36. The van der Waals surface area contributed by atoms with E-state index in [0.717, 1.165) is 51.0 Å². The summed E-state index contributed by atoms with van der Waals surface area (Å²) in [7, 11) is 3.75. The highest BCUT2D eigenvalue weighted by Crippen LogP contribution is 2.33. The van der Waals surface area contributed by atoms with Crippen molar-refractivity contribution in [2.45, 2.75) is 32.6 Å². The van der Waals surface area contributed by atoms with Crippen LogP contribution in [0.3, 0.4) is 0 Å². The molecule has 1 fully saturated rings. The molecule has 0 aromatic heterocycles. The fourth-order valence-corrected chi connectivity index (χ4v) is 5.09. The number of anilines is 1. The van der Waals surface area contributed by atoms with E-state index in [9.17, 15) is 18.0 Å². The molecule has 0 radical (unpaired) electrons. The van der Waals surface area contributed by atoms with Crippen LogP contribution in [0.4, 0.5) is 18.9 Å². The summed E-state index contributed by atoms with van der Waals surface area (Å²) in [5.41, 5.74) is 3.01. The SMILES string of the molecule is CN(C)CCN(Cc1ccccc1C(F)(F)F)C(=O)CNc1cccc2c1CCN(CC1(C)COC1)C2. The van der Waals surface area contributed by atoms with Crippen molar-refractivity contribution in [1.29, 1.82) is 0 Å². The van der Waals surface area contributed by atoms with Crippen molar-refractivity contribution in [2.75, 3.05) is 65.3 Å². The number of benzene rings is 2. The fraction of sp³-hybridized carbons (Fsp3) is 0.536. The number of alkyl halides is 3. The zero-order valence-corrected chi connectivity index (χ0v) is 21.9. The second-order valence-electron chi connectivity index (χ2n) is 10.8. The van der Waals surface area contributed by atoms with Gasteiger partial charge in [-0.15, -0.1) is 0 Å². The standard InChI is InChI=1S/C28H37F3N4O2/c1-27(19-37-20-27)18-34-12-11-23-21(16-34)8-6-10-25(23)32-15-26(36)35(14-13-33(2)3)17-22-7-4-5-9-24(22)28(29,30)31/h4-10,32H,11-20H2,1-3H3. The Balaban J connectivity index is 1.43. The number of hydrogen-bond donors (Lipinski definition) is 1. The lowest BCUT2D eigenvalue weighted by Crippen LogP contribution is -2.49. The zero-order valence-electron chi connectivity index (χ0n) is 21.9. The Bertz CT molecular complexity index is 1090. The summed E-state index contributed by atoms with van der Waals surface area (Å²) in [6.07, 6.45) is -3.59. The van der Waals surface area contributed by atoms with Crippen molar-refractivity contribution >= 4 is 11.6 Å². The normalized spacial score (nSPS) is 17.3. The Morgan fingerprint density at radius 3 is 2.54 bits per heavy atom. The first kappa shape index (κ1) is 27.4. The number of nitrogens with one attached hydrogen (secondary N) is 1. The van der Waals surface area contributed by atoms with Crippen LogP contribution >= 0.6 is 0 Å². The molecule has 2 aromatic rings. The van der Waals surface area contributed by atoms with E-state index in [2.05, 4.69) is 23.2 Å². The van der Waals surface area contributed by atoms with Crippen LogP contribution < -0.4 is 5.32 Å². The second kappa shape index (κ2) is 11.4. The molecule has 1 saturated heterocycles. The van der Waals surface area contributed by atoms with Crippen LogP contribution in [0.5, 0.6) is 0 Å². The van der Waals surface area contributed by atoms with E-state index in [1.54, 1.807) is 6.07 Å². The molecule has 2 aliphatic heterocycles. The van der Waals surface area contributed by atoms with Gasteiger partial charge in [-0.05, 0) is 49.3 Å². The lowest BCUT2D eigenvalue weighted by molar-refractivity contribution is -0.139. The van der Waals surface area contributed by atoms with Crippen LogP contribution in [-0.2, 0) is 35.2 Å². The van der Waals surface area contributed by atoms with Crippen molar-refractivity contribution in [3.63, 3.8) is 0 Å². The van der Waals surface area contributed by atoms with Crippen molar-refractivity contribution in [3.05, 3.63) is 64.7 Å². The Hall–Kier alpha value is -2.62. The maximum Gasteiger partial charge on any atom is 0.416 e. The van der Waals surface area contributed by atoms with E-state index >= 15 is 0 Å². The van der Waals surface area contributed by atoms with E-state index < -0.39 is 11.7 Å². The Kier molecular flexibility index (Phi) is 8.46. The predicted octanol–water partition coefficient (Wildman–Crippen LogP) is 4.10. The monoisotopic (exact) mass is 518 g/mol. The molecule has 1 amide bonds. The number of hydrogen-bond acceptors (Lipinski definition) is 5. The number of carbonyl (C=O) groups excluding carboxylic acids is 1. The summed E-state index contributed by atoms with van der Waals surface area (Å²) in [5, 5.41) is 3.29. The first-order valence-corrected chi connectivity index (χ1v) is 12.8. The van der Waals surface area contributed by atoms with Gasteiger partial charge >= 0.3 is 6.18 Å². The van der Waals surface area contributed by atoms with Crippen molar-refractivity contribution < 1.29 is 22.7 Å². The average Bonchev–Trinajstić information content (AvgIpc) is 2.83. The highest BCUT2D eigenvalue weighted by molar-refractivity contribution is 5.81. The highest BCUT2D eigenvalue weighted by atomic mass is 19.4. The van der Waals surface area contributed by atoms with E-state index in [-0.39, 0.29) is 30.0 Å². The van der Waals surface area contributed by atoms with Crippen LogP contribution in [0.2, 0.25) is 0 Å². The lowest BCUT2D eigenvalue weighted by atomic mass is 9.87. The van der Waals surface area contributed by atoms with Gasteiger partial charge in [0.2, 0.25) is 5.91 Å². The number of halogens is 3. The smallest absolute Gasteiger partial charge is 0.380 e. The summed E-state index contributed by atoms with van der Waals surface area (Å²) >= 11 is 0. The molecule has 0 saturated carbocycles. The molecule has 202 valence electrons. The molecule has 0 unspecified atom stereocenters. The molecule has 1 N–H and O–H groups in total. The molecule has 6 nitrogen and oxygen atoms in total. The largest absolute Gasteiger partial charge is 0.416 e. The van der Waals surface area contributed by atoms with E-state index in [1.165, 1.54) is 28.2 Å². The molecule has 0 bridgehead atoms. The quantitative estimate of drug-likeness (QED) is 0.513. The maximum atomic E-state index is 13.6. The molecule has 0 atom stereocenters. The summed E-state index contributed by atoms with van der Waals surface area (Å²) in [5.74, 6) is -0.230. The van der Waals surface area contributed by atoms with Gasteiger partial charge in [-0.3, -0.25) is 9.69 Å². The van der Waals surface area contributed by atoms with Gasteiger partial charge in [-0.1, -0.05) is 37.3 Å². The second-order valence-corrected chi connectivity index (χ2v) is 10.8. The molecule has 2 heterocycles.